The first-order chi connectivity index (χ1) is 6.67. The van der Waals surface area contributed by atoms with Gasteiger partial charge in [0.2, 0.25) is 0 Å². The summed E-state index contributed by atoms with van der Waals surface area (Å²) < 4.78 is 9.91. The molecule has 0 spiro atoms. The Labute approximate surface area is 88.1 Å². The summed E-state index contributed by atoms with van der Waals surface area (Å²) in [4.78, 5) is 0. The van der Waals surface area contributed by atoms with Gasteiger partial charge in [-0.3, -0.25) is 5.41 Å². The van der Waals surface area contributed by atoms with E-state index in [0.29, 0.717) is 11.4 Å². The average Bonchev–Trinajstić information content (AvgIpc) is 2.18. The van der Waals surface area contributed by atoms with Crippen molar-refractivity contribution in [2.24, 2.45) is 0 Å². The summed E-state index contributed by atoms with van der Waals surface area (Å²) in [5, 5.41) is 8.03. The van der Waals surface area contributed by atoms with Crippen LogP contribution in [-0.2, 0) is 11.2 Å². The summed E-state index contributed by atoms with van der Waals surface area (Å²) in [6.45, 7) is 0. The van der Waals surface area contributed by atoms with Gasteiger partial charge in [0, 0.05) is 10.6 Å². The van der Waals surface area contributed by atoms with E-state index in [2.05, 4.69) is 0 Å². The fraction of sp³-hybridized carbons (Fsp3) is 0.300. The van der Waals surface area contributed by atoms with Gasteiger partial charge in [0.15, 0.2) is 5.90 Å². The lowest BCUT2D eigenvalue weighted by Crippen LogP contribution is -2.04. The van der Waals surface area contributed by atoms with Crippen LogP contribution >= 0.6 is 11.6 Å². The van der Waals surface area contributed by atoms with Crippen molar-refractivity contribution in [3.05, 3.63) is 28.8 Å². The SMILES string of the molecule is COC(=N)Cc1cc(Cl)ccc1OC. The van der Waals surface area contributed by atoms with Crippen molar-refractivity contribution >= 4 is 17.5 Å². The monoisotopic (exact) mass is 213 g/mol. The third-order valence-electron chi connectivity index (χ3n) is 1.84. The molecule has 14 heavy (non-hydrogen) atoms. The number of halogens is 1. The molecule has 1 aromatic rings. The molecule has 76 valence electrons. The first-order valence-electron chi connectivity index (χ1n) is 4.11. The standard InChI is InChI=1S/C10H12ClNO2/c1-13-9-4-3-8(11)5-7(9)6-10(12)14-2/h3-5,12H,6H2,1-2H3. The summed E-state index contributed by atoms with van der Waals surface area (Å²) in [5.41, 5.74) is 0.854. The Hall–Kier alpha value is -1.22. The molecule has 0 heterocycles. The van der Waals surface area contributed by atoms with Crippen LogP contribution in [0.15, 0.2) is 18.2 Å². The Kier molecular flexibility index (Phi) is 3.77. The van der Waals surface area contributed by atoms with Gasteiger partial charge in [0.25, 0.3) is 0 Å². The molecule has 0 bridgehead atoms. The molecule has 0 atom stereocenters. The summed E-state index contributed by atoms with van der Waals surface area (Å²) in [5.74, 6) is 0.904. The molecule has 0 amide bonds. The van der Waals surface area contributed by atoms with Gasteiger partial charge in [-0.15, -0.1) is 0 Å². The van der Waals surface area contributed by atoms with Crippen LogP contribution in [0.3, 0.4) is 0 Å². The number of nitrogens with one attached hydrogen (secondary N) is 1. The smallest absolute Gasteiger partial charge is 0.184 e. The van der Waals surface area contributed by atoms with E-state index >= 15 is 0 Å². The summed E-state index contributed by atoms with van der Waals surface area (Å²) in [7, 11) is 3.06. The minimum absolute atomic E-state index is 0.186. The van der Waals surface area contributed by atoms with Crippen LogP contribution in [0.5, 0.6) is 5.75 Å². The third kappa shape index (κ3) is 2.64. The maximum atomic E-state index is 7.40. The molecular weight excluding hydrogens is 202 g/mol. The van der Waals surface area contributed by atoms with Gasteiger partial charge in [-0.1, -0.05) is 11.6 Å². The normalized spacial score (nSPS) is 9.64. The van der Waals surface area contributed by atoms with Crippen molar-refractivity contribution in [1.29, 1.82) is 5.41 Å². The molecule has 1 rings (SSSR count). The molecule has 0 aliphatic carbocycles. The van der Waals surface area contributed by atoms with Gasteiger partial charge in [-0.2, -0.15) is 0 Å². The quantitative estimate of drug-likeness (QED) is 0.619. The van der Waals surface area contributed by atoms with Gasteiger partial charge in [-0.05, 0) is 18.2 Å². The van der Waals surface area contributed by atoms with Crippen LogP contribution in [0.25, 0.3) is 0 Å². The predicted molar refractivity (Wildman–Crippen MR) is 56.4 cm³/mol. The van der Waals surface area contributed by atoms with E-state index in [1.54, 1.807) is 25.3 Å². The second kappa shape index (κ2) is 4.86. The molecule has 0 saturated carbocycles. The van der Waals surface area contributed by atoms with Crippen LogP contribution < -0.4 is 4.74 Å². The van der Waals surface area contributed by atoms with E-state index in [1.165, 1.54) is 7.11 Å². The van der Waals surface area contributed by atoms with Crippen molar-refractivity contribution in [1.82, 2.24) is 0 Å². The molecule has 1 N–H and O–H groups in total. The Bertz CT molecular complexity index is 339. The van der Waals surface area contributed by atoms with Crippen LogP contribution in [0.4, 0.5) is 0 Å². The van der Waals surface area contributed by atoms with E-state index in [0.717, 1.165) is 11.3 Å². The van der Waals surface area contributed by atoms with Gasteiger partial charge < -0.3 is 9.47 Å². The van der Waals surface area contributed by atoms with Gasteiger partial charge in [0.1, 0.15) is 5.75 Å². The Morgan fingerprint density at radius 2 is 2.14 bits per heavy atom. The van der Waals surface area contributed by atoms with Crippen molar-refractivity contribution in [2.75, 3.05) is 14.2 Å². The highest BCUT2D eigenvalue weighted by atomic mass is 35.5. The van der Waals surface area contributed by atoms with Crippen LogP contribution in [-0.4, -0.2) is 20.1 Å². The van der Waals surface area contributed by atoms with Crippen LogP contribution in [0.2, 0.25) is 5.02 Å². The zero-order valence-corrected chi connectivity index (χ0v) is 8.89. The fourth-order valence-electron chi connectivity index (χ4n) is 1.13. The van der Waals surface area contributed by atoms with E-state index in [9.17, 15) is 0 Å². The van der Waals surface area contributed by atoms with Crippen molar-refractivity contribution < 1.29 is 9.47 Å². The molecule has 3 nitrogen and oxygen atoms in total. The maximum absolute atomic E-state index is 7.40. The lowest BCUT2D eigenvalue weighted by molar-refractivity contribution is 0.385. The molecule has 0 aliphatic rings. The lowest BCUT2D eigenvalue weighted by atomic mass is 10.1. The predicted octanol–water partition coefficient (Wildman–Crippen LogP) is 2.51. The highest BCUT2D eigenvalue weighted by molar-refractivity contribution is 6.30. The molecule has 0 aliphatic heterocycles. The van der Waals surface area contributed by atoms with Crippen LogP contribution in [0, 0.1) is 5.41 Å². The molecular formula is C10H12ClNO2. The van der Waals surface area contributed by atoms with Gasteiger partial charge in [0.05, 0.1) is 20.6 Å². The average molecular weight is 214 g/mol. The van der Waals surface area contributed by atoms with E-state index < -0.39 is 0 Å². The molecule has 4 heteroatoms. The zero-order chi connectivity index (χ0) is 10.6. The molecule has 0 saturated heterocycles. The van der Waals surface area contributed by atoms with Crippen molar-refractivity contribution in [2.45, 2.75) is 6.42 Å². The number of hydrogen-bond donors (Lipinski definition) is 1. The number of methoxy groups -OCH3 is 2. The lowest BCUT2D eigenvalue weighted by Gasteiger charge is -2.08. The minimum atomic E-state index is 0.186. The molecule has 0 unspecified atom stereocenters. The highest BCUT2D eigenvalue weighted by Gasteiger charge is 2.06. The van der Waals surface area contributed by atoms with E-state index in [1.807, 2.05) is 0 Å². The Morgan fingerprint density at radius 1 is 1.43 bits per heavy atom. The highest BCUT2D eigenvalue weighted by Crippen LogP contribution is 2.23. The van der Waals surface area contributed by atoms with E-state index in [4.69, 9.17) is 26.5 Å². The Balaban J connectivity index is 2.93. The second-order valence-electron chi connectivity index (χ2n) is 2.76. The first kappa shape index (κ1) is 10.9. The van der Waals surface area contributed by atoms with Crippen molar-refractivity contribution in [3.8, 4) is 5.75 Å². The second-order valence-corrected chi connectivity index (χ2v) is 3.20. The van der Waals surface area contributed by atoms with Gasteiger partial charge in [-0.25, -0.2) is 0 Å². The maximum Gasteiger partial charge on any atom is 0.184 e. The Morgan fingerprint density at radius 3 is 2.71 bits per heavy atom. The molecule has 0 aromatic heterocycles. The topological polar surface area (TPSA) is 42.3 Å². The molecule has 0 fully saturated rings. The first-order valence-corrected chi connectivity index (χ1v) is 4.49. The fourth-order valence-corrected chi connectivity index (χ4v) is 1.33. The largest absolute Gasteiger partial charge is 0.496 e. The van der Waals surface area contributed by atoms with Gasteiger partial charge >= 0.3 is 0 Å². The number of rotatable bonds is 3. The van der Waals surface area contributed by atoms with Crippen molar-refractivity contribution in [3.63, 3.8) is 0 Å². The summed E-state index contributed by atoms with van der Waals surface area (Å²) >= 11 is 5.83. The third-order valence-corrected chi connectivity index (χ3v) is 2.07. The minimum Gasteiger partial charge on any atom is -0.496 e. The number of ether oxygens (including phenoxy) is 2. The molecule has 1 aromatic carbocycles. The molecule has 0 radical (unpaired) electrons. The van der Waals surface area contributed by atoms with E-state index in [-0.39, 0.29) is 5.90 Å². The number of benzene rings is 1. The summed E-state index contributed by atoms with van der Waals surface area (Å²) in [6, 6.07) is 5.30. The van der Waals surface area contributed by atoms with Crippen LogP contribution in [0.1, 0.15) is 5.56 Å². The zero-order valence-electron chi connectivity index (χ0n) is 8.13. The number of hydrogen-bond acceptors (Lipinski definition) is 3. The summed E-state index contributed by atoms with van der Waals surface area (Å²) in [6.07, 6.45) is 0.389.